The fourth-order valence-corrected chi connectivity index (χ4v) is 3.01. The van der Waals surface area contributed by atoms with Crippen molar-refractivity contribution in [1.82, 2.24) is 20.2 Å². The molecule has 0 radical (unpaired) electrons. The Kier molecular flexibility index (Phi) is 5.43. The third-order valence-corrected chi connectivity index (χ3v) is 4.69. The molecule has 1 N–H and O–H groups in total. The zero-order chi connectivity index (χ0) is 19.3. The molecule has 1 amide bonds. The zero-order valence-electron chi connectivity index (χ0n) is 15.3. The zero-order valence-corrected chi connectivity index (χ0v) is 15.3. The van der Waals surface area contributed by atoms with Crippen molar-refractivity contribution in [2.24, 2.45) is 0 Å². The second-order valence-corrected chi connectivity index (χ2v) is 6.93. The lowest BCUT2D eigenvalue weighted by Crippen LogP contribution is -2.26. The van der Waals surface area contributed by atoms with Gasteiger partial charge in [0.1, 0.15) is 12.1 Å². The van der Waals surface area contributed by atoms with Gasteiger partial charge in [0.15, 0.2) is 5.69 Å². The van der Waals surface area contributed by atoms with Crippen LogP contribution in [0.3, 0.4) is 0 Å². The van der Waals surface area contributed by atoms with Crippen molar-refractivity contribution in [2.75, 3.05) is 0 Å². The summed E-state index contributed by atoms with van der Waals surface area (Å²) in [7, 11) is 0. The molecular weight excluding hydrogens is 359 g/mol. The van der Waals surface area contributed by atoms with Crippen LogP contribution in [0.15, 0.2) is 59.5 Å². The van der Waals surface area contributed by atoms with Gasteiger partial charge in [0.2, 0.25) is 5.89 Å². The van der Waals surface area contributed by atoms with Crippen LogP contribution < -0.4 is 5.32 Å². The van der Waals surface area contributed by atoms with Gasteiger partial charge in [0, 0.05) is 31.5 Å². The summed E-state index contributed by atoms with van der Waals surface area (Å²) in [4.78, 5) is 22.8. The fourth-order valence-electron chi connectivity index (χ4n) is 3.01. The Bertz CT molecular complexity index is 923. The molecule has 3 aromatic rings. The highest BCUT2D eigenvalue weighted by Crippen LogP contribution is 2.29. The number of amides is 1. The van der Waals surface area contributed by atoms with Crippen molar-refractivity contribution < 1.29 is 13.6 Å². The van der Waals surface area contributed by atoms with Crippen molar-refractivity contribution in [3.63, 3.8) is 0 Å². The lowest BCUT2D eigenvalue weighted by Gasteiger charge is -2.20. The number of hydrogen-bond donors (Lipinski definition) is 1. The number of oxazole rings is 1. The van der Waals surface area contributed by atoms with Crippen LogP contribution in [0.5, 0.6) is 0 Å². The van der Waals surface area contributed by atoms with Crippen LogP contribution in [0.2, 0.25) is 0 Å². The van der Waals surface area contributed by atoms with E-state index in [1.165, 1.54) is 18.4 Å². The number of pyridine rings is 1. The molecule has 144 valence electrons. The molecule has 2 heterocycles. The quantitative estimate of drug-likeness (QED) is 0.649. The van der Waals surface area contributed by atoms with E-state index in [2.05, 4.69) is 20.2 Å². The minimum Gasteiger partial charge on any atom is -0.447 e. The smallest absolute Gasteiger partial charge is 0.273 e. The summed E-state index contributed by atoms with van der Waals surface area (Å²) in [6, 6.07) is 10.7. The van der Waals surface area contributed by atoms with Crippen LogP contribution in [0.1, 0.15) is 40.3 Å². The van der Waals surface area contributed by atoms with Gasteiger partial charge in [-0.15, -0.1) is 0 Å². The Morgan fingerprint density at radius 3 is 2.57 bits per heavy atom. The number of hydrogen-bond acceptors (Lipinski definition) is 5. The Morgan fingerprint density at radius 1 is 1.11 bits per heavy atom. The second-order valence-electron chi connectivity index (χ2n) is 6.93. The summed E-state index contributed by atoms with van der Waals surface area (Å²) in [6.45, 7) is 1.61. The topological polar surface area (TPSA) is 71.3 Å². The number of carbonyl (C=O) groups excluding carboxylic acids is 1. The van der Waals surface area contributed by atoms with E-state index in [-0.39, 0.29) is 17.4 Å². The third-order valence-electron chi connectivity index (χ3n) is 4.69. The van der Waals surface area contributed by atoms with Crippen molar-refractivity contribution in [3.8, 4) is 0 Å². The van der Waals surface area contributed by atoms with Crippen molar-refractivity contribution in [3.05, 3.63) is 83.6 Å². The average molecular weight is 380 g/mol. The molecule has 0 unspecified atom stereocenters. The molecule has 0 saturated heterocycles. The molecule has 4 rings (SSSR count). The van der Waals surface area contributed by atoms with E-state index < -0.39 is 0 Å². The first kappa shape index (κ1) is 18.3. The summed E-state index contributed by atoms with van der Waals surface area (Å²) < 4.78 is 18.6. The third kappa shape index (κ3) is 4.80. The molecule has 6 nitrogen and oxygen atoms in total. The normalized spacial score (nSPS) is 13.6. The summed E-state index contributed by atoms with van der Waals surface area (Å²) in [5.74, 6) is -0.0109. The van der Waals surface area contributed by atoms with Crippen LogP contribution in [-0.4, -0.2) is 26.8 Å². The van der Waals surface area contributed by atoms with E-state index in [9.17, 15) is 9.18 Å². The maximum absolute atomic E-state index is 13.1. The van der Waals surface area contributed by atoms with E-state index >= 15 is 0 Å². The Balaban J connectivity index is 1.35. The summed E-state index contributed by atoms with van der Waals surface area (Å²) in [6.07, 6.45) is 7.01. The van der Waals surface area contributed by atoms with Gasteiger partial charge in [0.25, 0.3) is 5.91 Å². The average Bonchev–Trinajstić information content (AvgIpc) is 3.47. The first-order valence-electron chi connectivity index (χ1n) is 9.27. The number of aromatic nitrogens is 2. The largest absolute Gasteiger partial charge is 0.447 e. The molecule has 7 heteroatoms. The lowest BCUT2D eigenvalue weighted by molar-refractivity contribution is 0.0945. The number of nitrogens with one attached hydrogen (secondary N) is 1. The van der Waals surface area contributed by atoms with Crippen molar-refractivity contribution in [1.29, 1.82) is 0 Å². The predicted octanol–water partition coefficient (Wildman–Crippen LogP) is 3.30. The minimum atomic E-state index is -0.275. The maximum Gasteiger partial charge on any atom is 0.273 e. The molecule has 1 saturated carbocycles. The highest BCUT2D eigenvalue weighted by molar-refractivity contribution is 5.91. The number of benzene rings is 1. The van der Waals surface area contributed by atoms with Gasteiger partial charge >= 0.3 is 0 Å². The predicted molar refractivity (Wildman–Crippen MR) is 101 cm³/mol. The molecule has 0 bridgehead atoms. The SMILES string of the molecule is O=C(NCc1ccncc1)c1coc(CN(Cc2ccc(F)cc2)C2CC2)n1. The second kappa shape index (κ2) is 8.31. The molecule has 1 fully saturated rings. The highest BCUT2D eigenvalue weighted by Gasteiger charge is 2.30. The fraction of sp³-hybridized carbons (Fsp3) is 0.286. The Labute approximate surface area is 162 Å². The van der Waals surface area contributed by atoms with E-state index in [0.29, 0.717) is 31.6 Å². The molecule has 1 aliphatic rings. The Hall–Kier alpha value is -3.06. The molecule has 0 aliphatic heterocycles. The number of rotatable bonds is 8. The van der Waals surface area contributed by atoms with Gasteiger partial charge in [-0.1, -0.05) is 12.1 Å². The molecule has 1 aromatic carbocycles. The van der Waals surface area contributed by atoms with Gasteiger partial charge in [0.05, 0.1) is 6.54 Å². The van der Waals surface area contributed by atoms with E-state index in [1.54, 1.807) is 24.5 Å². The van der Waals surface area contributed by atoms with Crippen LogP contribution in [-0.2, 0) is 19.6 Å². The first-order valence-corrected chi connectivity index (χ1v) is 9.27. The summed E-state index contributed by atoms with van der Waals surface area (Å²) in [5, 5.41) is 2.82. The minimum absolute atomic E-state index is 0.239. The molecule has 0 spiro atoms. The Morgan fingerprint density at radius 2 is 1.86 bits per heavy atom. The van der Waals surface area contributed by atoms with Gasteiger partial charge in [-0.2, -0.15) is 0 Å². The van der Waals surface area contributed by atoms with Crippen LogP contribution in [0, 0.1) is 5.82 Å². The van der Waals surface area contributed by atoms with Crippen LogP contribution in [0.25, 0.3) is 0 Å². The molecule has 28 heavy (non-hydrogen) atoms. The van der Waals surface area contributed by atoms with Crippen LogP contribution in [0.4, 0.5) is 4.39 Å². The van der Waals surface area contributed by atoms with Crippen molar-refractivity contribution in [2.45, 2.75) is 38.5 Å². The van der Waals surface area contributed by atoms with Crippen LogP contribution >= 0.6 is 0 Å². The molecule has 1 aliphatic carbocycles. The lowest BCUT2D eigenvalue weighted by atomic mass is 10.2. The van der Waals surface area contributed by atoms with E-state index in [4.69, 9.17) is 4.42 Å². The summed E-state index contributed by atoms with van der Waals surface area (Å²) >= 11 is 0. The molecule has 2 aromatic heterocycles. The van der Waals surface area contributed by atoms with Gasteiger partial charge in [-0.25, -0.2) is 9.37 Å². The molecular formula is C21H21FN4O2. The van der Waals surface area contributed by atoms with E-state index in [1.807, 2.05) is 12.1 Å². The van der Waals surface area contributed by atoms with Gasteiger partial charge in [-0.3, -0.25) is 14.7 Å². The highest BCUT2D eigenvalue weighted by atomic mass is 19.1. The first-order chi connectivity index (χ1) is 13.7. The van der Waals surface area contributed by atoms with Crippen molar-refractivity contribution >= 4 is 5.91 Å². The summed E-state index contributed by atoms with van der Waals surface area (Å²) in [5.41, 5.74) is 2.27. The van der Waals surface area contributed by atoms with E-state index in [0.717, 1.165) is 24.0 Å². The number of halogens is 1. The monoisotopic (exact) mass is 380 g/mol. The van der Waals surface area contributed by atoms with Gasteiger partial charge in [-0.05, 0) is 48.2 Å². The number of nitrogens with zero attached hydrogens (tertiary/aromatic N) is 3. The standard InChI is InChI=1S/C21H21FN4O2/c22-17-3-1-16(2-4-17)12-26(18-5-6-18)13-20-25-19(14-28-20)21(27)24-11-15-7-9-23-10-8-15/h1-4,7-10,14,18H,5-6,11-13H2,(H,24,27). The van der Waals surface area contributed by atoms with Gasteiger partial charge < -0.3 is 9.73 Å². The maximum atomic E-state index is 13.1. The molecule has 0 atom stereocenters. The number of carbonyl (C=O) groups is 1.